The predicted molar refractivity (Wildman–Crippen MR) is 70.5 cm³/mol. The summed E-state index contributed by atoms with van der Waals surface area (Å²) in [5.41, 5.74) is 3.95. The summed E-state index contributed by atoms with van der Waals surface area (Å²) in [6.07, 6.45) is 0. The van der Waals surface area contributed by atoms with Gasteiger partial charge in [-0.2, -0.15) is 0 Å². The van der Waals surface area contributed by atoms with Crippen LogP contribution in [0, 0.1) is 11.6 Å². The standard InChI is InChI=1S/C13H11N3S/c1-9-7-13(17)16-12(14-9)8-11(15-16)10-5-3-2-4-6-10/h2-8,15H,1H3. The Morgan fingerprint density at radius 1 is 1.18 bits per heavy atom. The van der Waals surface area contributed by atoms with Crippen LogP contribution in [0.2, 0.25) is 0 Å². The van der Waals surface area contributed by atoms with Gasteiger partial charge in [0.15, 0.2) is 5.65 Å². The number of benzene rings is 1. The van der Waals surface area contributed by atoms with Gasteiger partial charge in [0, 0.05) is 11.8 Å². The Kier molecular flexibility index (Phi) is 2.30. The number of rotatable bonds is 1. The molecule has 2 heterocycles. The van der Waals surface area contributed by atoms with Crippen LogP contribution in [0.5, 0.6) is 0 Å². The summed E-state index contributed by atoms with van der Waals surface area (Å²) < 4.78 is 2.57. The van der Waals surface area contributed by atoms with E-state index in [1.807, 2.05) is 41.8 Å². The van der Waals surface area contributed by atoms with Crippen LogP contribution < -0.4 is 0 Å². The van der Waals surface area contributed by atoms with E-state index in [4.69, 9.17) is 12.2 Å². The summed E-state index contributed by atoms with van der Waals surface area (Å²) in [5.74, 6) is 0. The molecule has 0 spiro atoms. The van der Waals surface area contributed by atoms with Gasteiger partial charge in [-0.25, -0.2) is 9.50 Å². The van der Waals surface area contributed by atoms with E-state index in [0.29, 0.717) is 0 Å². The van der Waals surface area contributed by atoms with Crippen molar-refractivity contribution in [3.63, 3.8) is 0 Å². The third-order valence-electron chi connectivity index (χ3n) is 2.66. The number of fused-ring (bicyclic) bond motifs is 1. The second kappa shape index (κ2) is 3.82. The summed E-state index contributed by atoms with van der Waals surface area (Å²) in [7, 11) is 0. The number of hydrogen-bond acceptors (Lipinski definition) is 2. The fourth-order valence-electron chi connectivity index (χ4n) is 1.88. The molecule has 4 heteroatoms. The molecule has 0 radical (unpaired) electrons. The number of hydrogen-bond donors (Lipinski definition) is 1. The Morgan fingerprint density at radius 3 is 2.71 bits per heavy atom. The lowest BCUT2D eigenvalue weighted by molar-refractivity contribution is 0.918. The Morgan fingerprint density at radius 2 is 1.94 bits per heavy atom. The maximum Gasteiger partial charge on any atom is 0.155 e. The van der Waals surface area contributed by atoms with Gasteiger partial charge in [-0.1, -0.05) is 42.5 Å². The van der Waals surface area contributed by atoms with E-state index in [0.717, 1.165) is 27.2 Å². The number of nitrogens with zero attached hydrogens (tertiary/aromatic N) is 2. The molecule has 84 valence electrons. The minimum Gasteiger partial charge on any atom is -0.291 e. The molecule has 0 unspecified atom stereocenters. The molecule has 0 bridgehead atoms. The lowest BCUT2D eigenvalue weighted by atomic mass is 10.2. The highest BCUT2D eigenvalue weighted by atomic mass is 32.1. The van der Waals surface area contributed by atoms with Crippen molar-refractivity contribution < 1.29 is 0 Å². The Hall–Kier alpha value is -1.94. The first-order valence-electron chi connectivity index (χ1n) is 5.39. The Bertz CT molecular complexity index is 725. The Balaban J connectivity index is 2.28. The molecule has 0 saturated carbocycles. The summed E-state index contributed by atoms with van der Waals surface area (Å²) >= 11 is 5.30. The molecule has 0 aliphatic carbocycles. The molecule has 2 aromatic heterocycles. The van der Waals surface area contributed by atoms with Crippen molar-refractivity contribution in [3.8, 4) is 11.3 Å². The largest absolute Gasteiger partial charge is 0.291 e. The number of aromatic nitrogens is 3. The van der Waals surface area contributed by atoms with Crippen LogP contribution in [0.1, 0.15) is 5.69 Å². The maximum atomic E-state index is 5.30. The number of nitrogens with one attached hydrogen (secondary N) is 1. The van der Waals surface area contributed by atoms with E-state index in [1.54, 1.807) is 0 Å². The van der Waals surface area contributed by atoms with Gasteiger partial charge in [0.25, 0.3) is 0 Å². The van der Waals surface area contributed by atoms with Crippen LogP contribution in [0.15, 0.2) is 42.5 Å². The van der Waals surface area contributed by atoms with Crippen LogP contribution >= 0.6 is 12.2 Å². The third-order valence-corrected chi connectivity index (χ3v) is 2.96. The zero-order valence-corrected chi connectivity index (χ0v) is 10.2. The SMILES string of the molecule is Cc1cc(=S)n2[nH]c(-c3ccccc3)cc2n1. The molecule has 1 aromatic carbocycles. The zero-order valence-electron chi connectivity index (χ0n) is 9.34. The monoisotopic (exact) mass is 241 g/mol. The van der Waals surface area contributed by atoms with Crippen LogP contribution in [0.4, 0.5) is 0 Å². The predicted octanol–water partition coefficient (Wildman–Crippen LogP) is 3.37. The second-order valence-electron chi connectivity index (χ2n) is 3.97. The molecule has 0 amide bonds. The molecule has 0 saturated heterocycles. The topological polar surface area (TPSA) is 33.1 Å². The van der Waals surface area contributed by atoms with E-state index in [2.05, 4.69) is 22.2 Å². The van der Waals surface area contributed by atoms with Crippen molar-refractivity contribution >= 4 is 17.9 Å². The normalized spacial score (nSPS) is 10.9. The van der Waals surface area contributed by atoms with E-state index < -0.39 is 0 Å². The number of aromatic amines is 1. The van der Waals surface area contributed by atoms with Crippen molar-refractivity contribution in [2.75, 3.05) is 0 Å². The van der Waals surface area contributed by atoms with Crippen molar-refractivity contribution in [1.29, 1.82) is 0 Å². The number of H-pyrrole nitrogens is 1. The lowest BCUT2D eigenvalue weighted by Crippen LogP contribution is -1.93. The van der Waals surface area contributed by atoms with E-state index in [1.165, 1.54) is 0 Å². The Labute approximate surface area is 104 Å². The summed E-state index contributed by atoms with van der Waals surface area (Å²) in [5, 5.41) is 3.26. The van der Waals surface area contributed by atoms with Crippen molar-refractivity contribution in [2.45, 2.75) is 6.92 Å². The van der Waals surface area contributed by atoms with Gasteiger partial charge in [-0.05, 0) is 18.6 Å². The first-order valence-corrected chi connectivity index (χ1v) is 5.80. The first kappa shape index (κ1) is 10.2. The van der Waals surface area contributed by atoms with Gasteiger partial charge in [-0.3, -0.25) is 5.10 Å². The van der Waals surface area contributed by atoms with Crippen molar-refractivity contribution in [3.05, 3.63) is 52.8 Å². The van der Waals surface area contributed by atoms with Crippen LogP contribution in [-0.4, -0.2) is 14.6 Å². The van der Waals surface area contributed by atoms with Gasteiger partial charge in [0.05, 0.1) is 5.69 Å². The zero-order chi connectivity index (χ0) is 11.8. The molecular weight excluding hydrogens is 230 g/mol. The van der Waals surface area contributed by atoms with E-state index in [-0.39, 0.29) is 0 Å². The van der Waals surface area contributed by atoms with Crippen molar-refractivity contribution in [1.82, 2.24) is 14.6 Å². The van der Waals surface area contributed by atoms with Gasteiger partial charge < -0.3 is 0 Å². The van der Waals surface area contributed by atoms with Crippen LogP contribution in [-0.2, 0) is 0 Å². The second-order valence-corrected chi connectivity index (χ2v) is 4.38. The molecule has 0 aliphatic rings. The summed E-state index contributed by atoms with van der Waals surface area (Å²) in [6, 6.07) is 14.0. The average molecular weight is 241 g/mol. The van der Waals surface area contributed by atoms with Crippen molar-refractivity contribution in [2.24, 2.45) is 0 Å². The van der Waals surface area contributed by atoms with Gasteiger partial charge >= 0.3 is 0 Å². The van der Waals surface area contributed by atoms with E-state index in [9.17, 15) is 0 Å². The minimum atomic E-state index is 0.745. The van der Waals surface area contributed by atoms with E-state index >= 15 is 0 Å². The average Bonchev–Trinajstić information content (AvgIpc) is 2.74. The first-order chi connectivity index (χ1) is 8.24. The lowest BCUT2D eigenvalue weighted by Gasteiger charge is -1.96. The maximum absolute atomic E-state index is 5.30. The smallest absolute Gasteiger partial charge is 0.155 e. The number of aryl methyl sites for hydroxylation is 1. The summed E-state index contributed by atoms with van der Waals surface area (Å²) in [6.45, 7) is 1.95. The molecule has 17 heavy (non-hydrogen) atoms. The molecule has 1 N–H and O–H groups in total. The molecular formula is C13H11N3S. The van der Waals surface area contributed by atoms with Crippen LogP contribution in [0.3, 0.4) is 0 Å². The fraction of sp³-hybridized carbons (Fsp3) is 0.0769. The minimum absolute atomic E-state index is 0.745. The van der Waals surface area contributed by atoms with Gasteiger partial charge in [0.2, 0.25) is 0 Å². The fourth-order valence-corrected chi connectivity index (χ4v) is 2.19. The highest BCUT2D eigenvalue weighted by Gasteiger charge is 2.04. The highest BCUT2D eigenvalue weighted by molar-refractivity contribution is 7.71. The molecule has 3 aromatic rings. The highest BCUT2D eigenvalue weighted by Crippen LogP contribution is 2.18. The molecule has 0 aliphatic heterocycles. The third kappa shape index (κ3) is 1.76. The van der Waals surface area contributed by atoms with Crippen LogP contribution in [0.25, 0.3) is 16.9 Å². The summed E-state index contributed by atoms with van der Waals surface area (Å²) in [4.78, 5) is 4.45. The van der Waals surface area contributed by atoms with Gasteiger partial charge in [-0.15, -0.1) is 0 Å². The molecule has 3 nitrogen and oxygen atoms in total. The molecule has 0 fully saturated rings. The molecule has 3 rings (SSSR count). The quantitative estimate of drug-likeness (QED) is 0.663. The molecule has 0 atom stereocenters. The van der Waals surface area contributed by atoms with Gasteiger partial charge in [0.1, 0.15) is 4.64 Å².